The van der Waals surface area contributed by atoms with Crippen LogP contribution in [0.5, 0.6) is 0 Å². The van der Waals surface area contributed by atoms with Gasteiger partial charge in [-0.1, -0.05) is 48.5 Å². The molecular weight excluding hydrogens is 416 g/mol. The van der Waals surface area contributed by atoms with E-state index in [9.17, 15) is 19.5 Å². The minimum atomic E-state index is -1.24. The number of carboxylic acid groups (broad SMARTS) is 1. The molecule has 170 valence electrons. The molecule has 0 radical (unpaired) electrons. The lowest BCUT2D eigenvalue weighted by Gasteiger charge is -2.17. The number of benzene rings is 2. The van der Waals surface area contributed by atoms with Crippen LogP contribution < -0.4 is 10.6 Å². The molecular formula is C23H26N2O7. The van der Waals surface area contributed by atoms with Crippen LogP contribution >= 0.6 is 0 Å². The monoisotopic (exact) mass is 442 g/mol. The zero-order chi connectivity index (χ0) is 23.1. The van der Waals surface area contributed by atoms with Crippen LogP contribution in [-0.2, 0) is 19.1 Å². The summed E-state index contributed by atoms with van der Waals surface area (Å²) in [4.78, 5) is 35.0. The normalized spacial score (nSPS) is 14.1. The second-order valence-electron chi connectivity index (χ2n) is 7.48. The first-order chi connectivity index (χ1) is 15.4. The molecule has 0 saturated heterocycles. The second kappa shape index (κ2) is 10.7. The molecule has 0 saturated carbocycles. The van der Waals surface area contributed by atoms with E-state index in [1.165, 1.54) is 7.11 Å². The van der Waals surface area contributed by atoms with Crippen LogP contribution in [0.3, 0.4) is 0 Å². The van der Waals surface area contributed by atoms with Gasteiger partial charge in [0.15, 0.2) is 6.04 Å². The van der Waals surface area contributed by atoms with Gasteiger partial charge in [0.25, 0.3) is 0 Å². The molecule has 2 aromatic carbocycles. The number of hydrogen-bond acceptors (Lipinski definition) is 6. The lowest BCUT2D eigenvalue weighted by atomic mass is 9.98. The summed E-state index contributed by atoms with van der Waals surface area (Å²) in [5.41, 5.74) is 4.41. The molecule has 0 spiro atoms. The maximum atomic E-state index is 12.1. The van der Waals surface area contributed by atoms with Gasteiger partial charge in [-0.2, -0.15) is 0 Å². The van der Waals surface area contributed by atoms with E-state index in [0.717, 1.165) is 22.3 Å². The van der Waals surface area contributed by atoms with E-state index >= 15 is 0 Å². The van der Waals surface area contributed by atoms with Gasteiger partial charge >= 0.3 is 12.1 Å². The van der Waals surface area contributed by atoms with Crippen molar-refractivity contribution in [2.24, 2.45) is 0 Å². The first-order valence-corrected chi connectivity index (χ1v) is 10.2. The fourth-order valence-electron chi connectivity index (χ4n) is 3.73. The molecule has 9 nitrogen and oxygen atoms in total. The summed E-state index contributed by atoms with van der Waals surface area (Å²) >= 11 is 0. The number of ether oxygens (including phenoxy) is 2. The second-order valence-corrected chi connectivity index (χ2v) is 7.48. The molecule has 3 rings (SSSR count). The Morgan fingerprint density at radius 2 is 1.62 bits per heavy atom. The first kappa shape index (κ1) is 23.2. The highest BCUT2D eigenvalue weighted by Crippen LogP contribution is 2.44. The van der Waals surface area contributed by atoms with Gasteiger partial charge in [0, 0.05) is 19.6 Å². The van der Waals surface area contributed by atoms with Crippen LogP contribution in [0.15, 0.2) is 48.5 Å². The Balaban J connectivity index is 1.47. The third-order valence-electron chi connectivity index (χ3n) is 5.21. The molecule has 0 bridgehead atoms. The number of rotatable bonds is 10. The van der Waals surface area contributed by atoms with E-state index in [1.807, 2.05) is 48.5 Å². The molecule has 32 heavy (non-hydrogen) atoms. The number of aliphatic hydroxyl groups is 1. The molecule has 1 aliphatic rings. The summed E-state index contributed by atoms with van der Waals surface area (Å²) in [6.07, 6.45) is -2.29. The molecule has 0 aromatic heterocycles. The fourth-order valence-corrected chi connectivity index (χ4v) is 3.73. The van der Waals surface area contributed by atoms with Crippen LogP contribution in [0.4, 0.5) is 4.79 Å². The molecule has 2 amide bonds. The van der Waals surface area contributed by atoms with Gasteiger partial charge in [0.1, 0.15) is 6.61 Å². The number of hydrogen-bond donors (Lipinski definition) is 4. The van der Waals surface area contributed by atoms with Crippen LogP contribution in [0.25, 0.3) is 11.1 Å². The SMILES string of the molecule is COC[C@H](NC(=O)CC(O)CNC(=O)OCC1c2ccccc2-c2ccccc21)C(=O)O. The summed E-state index contributed by atoms with van der Waals surface area (Å²) in [6, 6.07) is 14.7. The van der Waals surface area contributed by atoms with Crippen LogP contribution in [0, 0.1) is 0 Å². The Kier molecular flexibility index (Phi) is 7.80. The number of nitrogens with one attached hydrogen (secondary N) is 2. The van der Waals surface area contributed by atoms with E-state index in [4.69, 9.17) is 14.6 Å². The summed E-state index contributed by atoms with van der Waals surface area (Å²) in [5, 5.41) is 23.7. The van der Waals surface area contributed by atoms with Crippen molar-refractivity contribution in [2.75, 3.05) is 26.9 Å². The number of carboxylic acids is 1. The van der Waals surface area contributed by atoms with E-state index in [1.54, 1.807) is 0 Å². The molecule has 0 heterocycles. The molecule has 4 N–H and O–H groups in total. The number of amides is 2. The Morgan fingerprint density at radius 3 is 2.19 bits per heavy atom. The zero-order valence-corrected chi connectivity index (χ0v) is 17.6. The smallest absolute Gasteiger partial charge is 0.407 e. The number of aliphatic hydroxyl groups excluding tert-OH is 1. The number of aliphatic carboxylic acids is 1. The highest BCUT2D eigenvalue weighted by molar-refractivity contribution is 5.84. The Hall–Kier alpha value is -3.43. The summed E-state index contributed by atoms with van der Waals surface area (Å²) in [7, 11) is 1.31. The van der Waals surface area contributed by atoms with Crippen LogP contribution in [-0.4, -0.2) is 67.2 Å². The van der Waals surface area contributed by atoms with Gasteiger partial charge in [0.05, 0.1) is 19.1 Å². The van der Waals surface area contributed by atoms with E-state index in [0.29, 0.717) is 0 Å². The summed E-state index contributed by atoms with van der Waals surface area (Å²) in [5.74, 6) is -2.00. The zero-order valence-electron chi connectivity index (χ0n) is 17.6. The molecule has 2 atom stereocenters. The van der Waals surface area contributed by atoms with Crippen molar-refractivity contribution in [3.05, 3.63) is 59.7 Å². The highest BCUT2D eigenvalue weighted by Gasteiger charge is 2.29. The topological polar surface area (TPSA) is 134 Å². The third-order valence-corrected chi connectivity index (χ3v) is 5.21. The summed E-state index contributed by atoms with van der Waals surface area (Å²) < 4.78 is 10.1. The van der Waals surface area contributed by atoms with E-state index < -0.39 is 30.1 Å². The van der Waals surface area contributed by atoms with Crippen molar-refractivity contribution in [3.63, 3.8) is 0 Å². The van der Waals surface area contributed by atoms with Crippen molar-refractivity contribution in [1.29, 1.82) is 0 Å². The standard InChI is InChI=1S/C23H26N2O7/c1-31-13-20(22(28)29)25-21(27)10-14(26)11-24-23(30)32-12-19-17-8-4-2-6-15(17)16-7-3-5-9-18(16)19/h2-9,14,19-20,26H,10-13H2,1H3,(H,24,30)(H,25,27)(H,28,29)/t14?,20-/m0/s1. The lowest BCUT2D eigenvalue weighted by molar-refractivity contribution is -0.143. The Labute approximate surface area is 185 Å². The van der Waals surface area contributed by atoms with Gasteiger partial charge in [0.2, 0.25) is 5.91 Å². The first-order valence-electron chi connectivity index (χ1n) is 10.2. The highest BCUT2D eigenvalue weighted by atomic mass is 16.5. The summed E-state index contributed by atoms with van der Waals surface area (Å²) in [6.45, 7) is -0.283. The van der Waals surface area contributed by atoms with Crippen molar-refractivity contribution in [1.82, 2.24) is 10.6 Å². The third kappa shape index (κ3) is 5.63. The van der Waals surface area contributed by atoms with Gasteiger partial charge in [-0.05, 0) is 22.3 Å². The maximum absolute atomic E-state index is 12.1. The Morgan fingerprint density at radius 1 is 1.03 bits per heavy atom. The Bertz CT molecular complexity index is 933. The maximum Gasteiger partial charge on any atom is 0.407 e. The molecule has 0 aliphatic heterocycles. The fraction of sp³-hybridized carbons (Fsp3) is 0.348. The quantitative estimate of drug-likeness (QED) is 0.438. The van der Waals surface area contributed by atoms with Gasteiger partial charge in [-0.15, -0.1) is 0 Å². The number of carbonyl (C=O) groups excluding carboxylic acids is 2. The average molecular weight is 442 g/mol. The predicted octanol–water partition coefficient (Wildman–Crippen LogP) is 1.49. The minimum absolute atomic E-state index is 0.0856. The van der Waals surface area contributed by atoms with E-state index in [2.05, 4.69) is 10.6 Å². The van der Waals surface area contributed by atoms with Gasteiger partial charge in [-0.25, -0.2) is 9.59 Å². The van der Waals surface area contributed by atoms with Crippen LogP contribution in [0.2, 0.25) is 0 Å². The van der Waals surface area contributed by atoms with Gasteiger partial charge < -0.3 is 30.3 Å². The minimum Gasteiger partial charge on any atom is -0.480 e. The molecule has 9 heteroatoms. The van der Waals surface area contributed by atoms with Crippen molar-refractivity contribution < 1.29 is 34.1 Å². The largest absolute Gasteiger partial charge is 0.480 e. The number of methoxy groups -OCH3 is 1. The number of alkyl carbamates (subject to hydrolysis) is 1. The number of carbonyl (C=O) groups is 3. The van der Waals surface area contributed by atoms with E-state index in [-0.39, 0.29) is 32.1 Å². The molecule has 2 aromatic rings. The van der Waals surface area contributed by atoms with Gasteiger partial charge in [-0.3, -0.25) is 4.79 Å². The number of fused-ring (bicyclic) bond motifs is 3. The predicted molar refractivity (Wildman–Crippen MR) is 115 cm³/mol. The molecule has 1 unspecified atom stereocenters. The molecule has 1 aliphatic carbocycles. The van der Waals surface area contributed by atoms with Crippen LogP contribution in [0.1, 0.15) is 23.5 Å². The van der Waals surface area contributed by atoms with Crippen molar-refractivity contribution >= 4 is 18.0 Å². The van der Waals surface area contributed by atoms with Crippen molar-refractivity contribution in [2.45, 2.75) is 24.5 Å². The molecule has 0 fully saturated rings. The van der Waals surface area contributed by atoms with Crippen molar-refractivity contribution in [3.8, 4) is 11.1 Å². The average Bonchev–Trinajstić information content (AvgIpc) is 3.09. The lowest BCUT2D eigenvalue weighted by Crippen LogP contribution is -2.45.